The van der Waals surface area contributed by atoms with Crippen LogP contribution in [0.15, 0.2) is 12.4 Å². The molecule has 0 aliphatic heterocycles. The van der Waals surface area contributed by atoms with Crippen molar-refractivity contribution in [1.82, 2.24) is 9.55 Å². The van der Waals surface area contributed by atoms with E-state index in [0.29, 0.717) is 6.54 Å². The predicted octanol–water partition coefficient (Wildman–Crippen LogP) is 0.428. The number of hydrogen-bond donors (Lipinski definition) is 2. The third-order valence-electron chi connectivity index (χ3n) is 2.22. The van der Waals surface area contributed by atoms with Gasteiger partial charge in [-0.15, -0.1) is 0 Å². The van der Waals surface area contributed by atoms with Crippen LogP contribution >= 0.6 is 0 Å². The van der Waals surface area contributed by atoms with Crippen LogP contribution in [0.5, 0.6) is 0 Å². The van der Waals surface area contributed by atoms with Gasteiger partial charge in [0.15, 0.2) is 0 Å². The fraction of sp³-hybridized carbons (Fsp3) is 0.556. The minimum atomic E-state index is 0.0525. The van der Waals surface area contributed by atoms with E-state index in [-0.39, 0.29) is 11.8 Å². The standard InChI is InChI=1S/C9H17N5/c1-7(8(10)11)6-14(3)9-12-4-5-13(9)2/h4-5,7H,6H2,1-3H3,(H3,10,11). The number of nitrogens with zero attached hydrogens (tertiary/aromatic N) is 3. The van der Waals surface area contributed by atoms with Gasteiger partial charge in [-0.1, -0.05) is 6.92 Å². The molecular formula is C9H17N5. The first-order valence-electron chi connectivity index (χ1n) is 4.54. The van der Waals surface area contributed by atoms with E-state index in [1.165, 1.54) is 0 Å². The Labute approximate surface area is 84.0 Å². The number of nitrogens with one attached hydrogen (secondary N) is 1. The van der Waals surface area contributed by atoms with Crippen molar-refractivity contribution < 1.29 is 0 Å². The summed E-state index contributed by atoms with van der Waals surface area (Å²) in [6.07, 6.45) is 3.65. The van der Waals surface area contributed by atoms with E-state index in [1.54, 1.807) is 6.20 Å². The van der Waals surface area contributed by atoms with Crippen molar-refractivity contribution in [2.75, 3.05) is 18.5 Å². The van der Waals surface area contributed by atoms with Gasteiger partial charge in [-0.25, -0.2) is 4.98 Å². The summed E-state index contributed by atoms with van der Waals surface area (Å²) in [4.78, 5) is 6.20. The Kier molecular flexibility index (Phi) is 3.11. The Bertz CT molecular complexity index is 317. The monoisotopic (exact) mass is 195 g/mol. The number of aromatic nitrogens is 2. The molecule has 0 amide bonds. The van der Waals surface area contributed by atoms with Gasteiger partial charge >= 0.3 is 0 Å². The minimum absolute atomic E-state index is 0.0525. The maximum absolute atomic E-state index is 7.30. The highest BCUT2D eigenvalue weighted by Crippen LogP contribution is 2.09. The molecule has 0 fully saturated rings. The first-order chi connectivity index (χ1) is 6.52. The van der Waals surface area contributed by atoms with Crippen molar-refractivity contribution in [1.29, 1.82) is 5.41 Å². The third-order valence-corrected chi connectivity index (χ3v) is 2.22. The van der Waals surface area contributed by atoms with Crippen molar-refractivity contribution in [2.45, 2.75) is 6.92 Å². The van der Waals surface area contributed by atoms with Crippen molar-refractivity contribution in [3.63, 3.8) is 0 Å². The zero-order chi connectivity index (χ0) is 10.7. The van der Waals surface area contributed by atoms with Gasteiger partial charge in [-0.2, -0.15) is 0 Å². The molecule has 0 bridgehead atoms. The highest BCUT2D eigenvalue weighted by atomic mass is 15.3. The van der Waals surface area contributed by atoms with Crippen LogP contribution in [0.3, 0.4) is 0 Å². The van der Waals surface area contributed by atoms with E-state index in [9.17, 15) is 0 Å². The van der Waals surface area contributed by atoms with E-state index in [2.05, 4.69) is 4.98 Å². The van der Waals surface area contributed by atoms with Crippen LogP contribution in [0.4, 0.5) is 5.95 Å². The van der Waals surface area contributed by atoms with Crippen molar-refractivity contribution in [3.8, 4) is 0 Å². The Hall–Kier alpha value is -1.52. The van der Waals surface area contributed by atoms with Crippen LogP contribution in [0, 0.1) is 11.3 Å². The Morgan fingerprint density at radius 1 is 1.79 bits per heavy atom. The maximum atomic E-state index is 7.30. The Balaban J connectivity index is 2.63. The first kappa shape index (κ1) is 10.6. The van der Waals surface area contributed by atoms with Crippen LogP contribution < -0.4 is 10.6 Å². The molecule has 78 valence electrons. The lowest BCUT2D eigenvalue weighted by Gasteiger charge is -2.21. The average Bonchev–Trinajstić information content (AvgIpc) is 2.51. The molecule has 0 aromatic carbocycles. The molecule has 0 aliphatic carbocycles. The van der Waals surface area contributed by atoms with E-state index >= 15 is 0 Å². The summed E-state index contributed by atoms with van der Waals surface area (Å²) in [6.45, 7) is 2.64. The molecule has 3 N–H and O–H groups in total. The summed E-state index contributed by atoms with van der Waals surface area (Å²) in [6, 6.07) is 0. The lowest BCUT2D eigenvalue weighted by Crippen LogP contribution is -2.33. The zero-order valence-corrected chi connectivity index (χ0v) is 8.86. The van der Waals surface area contributed by atoms with Crippen LogP contribution in [0.25, 0.3) is 0 Å². The quantitative estimate of drug-likeness (QED) is 0.540. The minimum Gasteiger partial charge on any atom is -0.387 e. The first-order valence-corrected chi connectivity index (χ1v) is 4.54. The fourth-order valence-electron chi connectivity index (χ4n) is 1.32. The van der Waals surface area contributed by atoms with Gasteiger partial charge in [-0.05, 0) is 0 Å². The molecule has 0 saturated heterocycles. The smallest absolute Gasteiger partial charge is 0.204 e. The third kappa shape index (κ3) is 2.25. The molecule has 14 heavy (non-hydrogen) atoms. The summed E-state index contributed by atoms with van der Waals surface area (Å²) >= 11 is 0. The summed E-state index contributed by atoms with van der Waals surface area (Å²) in [5.41, 5.74) is 5.41. The average molecular weight is 195 g/mol. The number of aryl methyl sites for hydroxylation is 1. The van der Waals surface area contributed by atoms with Gasteiger partial charge in [0.1, 0.15) is 0 Å². The molecule has 1 unspecified atom stereocenters. The summed E-state index contributed by atoms with van der Waals surface area (Å²) in [5, 5.41) is 7.30. The molecule has 1 atom stereocenters. The summed E-state index contributed by atoms with van der Waals surface area (Å²) in [7, 11) is 3.89. The molecule has 0 aliphatic rings. The SMILES string of the molecule is CC(CN(C)c1nccn1C)C(=N)N. The molecule has 0 spiro atoms. The van der Waals surface area contributed by atoms with Crippen LogP contribution in [0.2, 0.25) is 0 Å². The highest BCUT2D eigenvalue weighted by molar-refractivity contribution is 5.79. The highest BCUT2D eigenvalue weighted by Gasteiger charge is 2.11. The number of hydrogen-bond acceptors (Lipinski definition) is 3. The molecule has 1 rings (SSSR count). The van der Waals surface area contributed by atoms with Crippen molar-refractivity contribution in [2.24, 2.45) is 18.7 Å². The van der Waals surface area contributed by atoms with Gasteiger partial charge in [0, 0.05) is 39.0 Å². The van der Waals surface area contributed by atoms with Gasteiger partial charge in [0.2, 0.25) is 5.95 Å². The lowest BCUT2D eigenvalue weighted by molar-refractivity contribution is 0.700. The molecule has 1 aromatic rings. The second-order valence-corrected chi connectivity index (χ2v) is 3.58. The van der Waals surface area contributed by atoms with Gasteiger partial charge in [0.25, 0.3) is 0 Å². The topological polar surface area (TPSA) is 70.9 Å². The normalized spacial score (nSPS) is 12.5. The number of nitrogens with two attached hydrogens (primary N) is 1. The van der Waals surface area contributed by atoms with Crippen LogP contribution in [-0.4, -0.2) is 29.0 Å². The van der Waals surface area contributed by atoms with Crippen LogP contribution in [-0.2, 0) is 7.05 Å². The van der Waals surface area contributed by atoms with E-state index in [1.807, 2.05) is 36.7 Å². The van der Waals surface area contributed by atoms with Crippen molar-refractivity contribution in [3.05, 3.63) is 12.4 Å². The molecule has 0 radical (unpaired) electrons. The van der Waals surface area contributed by atoms with E-state index < -0.39 is 0 Å². The van der Waals surface area contributed by atoms with Gasteiger partial charge in [0.05, 0.1) is 5.84 Å². The predicted molar refractivity (Wildman–Crippen MR) is 57.6 cm³/mol. The maximum Gasteiger partial charge on any atom is 0.204 e. The fourth-order valence-corrected chi connectivity index (χ4v) is 1.32. The molecule has 0 saturated carbocycles. The Morgan fingerprint density at radius 3 is 2.86 bits per heavy atom. The Morgan fingerprint density at radius 2 is 2.43 bits per heavy atom. The van der Waals surface area contributed by atoms with Crippen LogP contribution in [0.1, 0.15) is 6.92 Å². The second kappa shape index (κ2) is 4.13. The van der Waals surface area contributed by atoms with Crippen molar-refractivity contribution >= 4 is 11.8 Å². The number of anilines is 1. The zero-order valence-electron chi connectivity index (χ0n) is 8.86. The number of imidazole rings is 1. The number of amidine groups is 1. The summed E-state index contributed by atoms with van der Waals surface area (Å²) in [5.74, 6) is 1.15. The molecule has 1 aromatic heterocycles. The number of rotatable bonds is 4. The largest absolute Gasteiger partial charge is 0.387 e. The molecular weight excluding hydrogens is 178 g/mol. The van der Waals surface area contributed by atoms with E-state index in [4.69, 9.17) is 11.1 Å². The van der Waals surface area contributed by atoms with Gasteiger partial charge < -0.3 is 15.2 Å². The van der Waals surface area contributed by atoms with E-state index in [0.717, 1.165) is 5.95 Å². The molecule has 1 heterocycles. The van der Waals surface area contributed by atoms with Gasteiger partial charge in [-0.3, -0.25) is 5.41 Å². The molecule has 5 nitrogen and oxygen atoms in total. The lowest BCUT2D eigenvalue weighted by atomic mass is 10.1. The molecule has 5 heteroatoms. The summed E-state index contributed by atoms with van der Waals surface area (Å²) < 4.78 is 1.94. The second-order valence-electron chi connectivity index (χ2n) is 3.58.